The van der Waals surface area contributed by atoms with E-state index in [1.54, 1.807) is 0 Å². The van der Waals surface area contributed by atoms with Gasteiger partial charge in [-0.15, -0.1) is 0 Å². The fourth-order valence-electron chi connectivity index (χ4n) is 0.226. The van der Waals surface area contributed by atoms with Crippen molar-refractivity contribution in [3.8, 4) is 0 Å². The van der Waals surface area contributed by atoms with E-state index in [4.69, 9.17) is 15.5 Å². The molecule has 0 aromatic heterocycles. The summed E-state index contributed by atoms with van der Waals surface area (Å²) >= 11 is 3.64. The number of aliphatic hydroxyl groups excluding tert-OH is 1. The van der Waals surface area contributed by atoms with Crippen LogP contribution in [-0.2, 0) is 9.53 Å². The number of nitrogens with two attached hydrogens (primary N) is 1. The van der Waals surface area contributed by atoms with Crippen LogP contribution in [0.5, 0.6) is 0 Å². The first kappa shape index (κ1) is 12.3. The lowest BCUT2D eigenvalue weighted by molar-refractivity contribution is -0.143. The van der Waals surface area contributed by atoms with Gasteiger partial charge < -0.3 is 15.6 Å². The molecule has 1 atom stereocenters. The molecule has 0 heterocycles. The number of halogens is 1. The number of hydrogen-bond acceptors (Lipinski definition) is 5. The number of carbonyl (C=O) groups excluding carboxylic acids is 1. The van der Waals surface area contributed by atoms with E-state index >= 15 is 0 Å². The molecule has 0 aliphatic carbocycles. The van der Waals surface area contributed by atoms with E-state index in [0.29, 0.717) is 0 Å². The van der Waals surface area contributed by atoms with Crippen molar-refractivity contribution in [3.05, 3.63) is 0 Å². The van der Waals surface area contributed by atoms with Crippen molar-refractivity contribution in [1.82, 2.24) is 0 Å². The summed E-state index contributed by atoms with van der Waals surface area (Å²) in [5, 5.41) is 8.21. The molecule has 0 radical (unpaired) electrons. The summed E-state index contributed by atoms with van der Waals surface area (Å²) in [7, 11) is 1.22. The summed E-state index contributed by atoms with van der Waals surface area (Å²) < 4.78 is 10.7. The van der Waals surface area contributed by atoms with E-state index in [0.717, 1.165) is 0 Å². The number of rotatable bonds is 2. The summed E-state index contributed by atoms with van der Waals surface area (Å²) in [6.07, 6.45) is 0. The van der Waals surface area contributed by atoms with E-state index in [2.05, 4.69) is 16.6 Å². The third-order valence-electron chi connectivity index (χ3n) is 0.701. The lowest BCUT2D eigenvalue weighted by Gasteiger charge is -2.02. The molecule has 0 spiro atoms. The maximum absolute atomic E-state index is 10.2. The Hall–Kier alpha value is -0.360. The second-order valence-corrected chi connectivity index (χ2v) is 1.31. The molecule has 5 nitrogen and oxygen atoms in total. The lowest BCUT2D eigenvalue weighted by atomic mass is 10.3. The Morgan fingerprint density at radius 2 is 2.20 bits per heavy atom. The van der Waals surface area contributed by atoms with E-state index in [1.165, 1.54) is 7.11 Å². The van der Waals surface area contributed by atoms with E-state index in [1.807, 2.05) is 0 Å². The van der Waals surface area contributed by atoms with Crippen molar-refractivity contribution in [3.63, 3.8) is 0 Å². The Kier molecular flexibility index (Phi) is 10.7. The van der Waals surface area contributed by atoms with Crippen molar-refractivity contribution in [2.24, 2.45) is 5.73 Å². The van der Waals surface area contributed by atoms with Gasteiger partial charge in [0.1, 0.15) is 6.04 Å². The van der Waals surface area contributed by atoms with Crippen LogP contribution in [0.4, 0.5) is 0 Å². The van der Waals surface area contributed by atoms with E-state index < -0.39 is 12.0 Å². The van der Waals surface area contributed by atoms with Crippen LogP contribution >= 0.6 is 11.9 Å². The average molecular weight is 172 g/mol. The number of ether oxygens (including phenoxy) is 1. The molecule has 0 bridgehead atoms. The van der Waals surface area contributed by atoms with Crippen LogP contribution in [0.25, 0.3) is 0 Å². The van der Waals surface area contributed by atoms with Gasteiger partial charge in [-0.05, 0) is 0 Å². The number of methoxy groups -OCH3 is 1. The molecule has 0 saturated carbocycles. The predicted octanol–water partition coefficient (Wildman–Crippen LogP) is -1.39. The molecular weight excluding hydrogens is 162 g/mol. The highest BCUT2D eigenvalue weighted by Crippen LogP contribution is 1.78. The minimum atomic E-state index is -0.889. The van der Waals surface area contributed by atoms with Crippen LogP contribution in [0.1, 0.15) is 0 Å². The highest BCUT2D eigenvalue weighted by atomic mass is 35.5. The van der Waals surface area contributed by atoms with Gasteiger partial charge in [0.05, 0.1) is 25.6 Å². The normalized spacial score (nSPS) is 10.9. The molecule has 0 rings (SSSR count). The van der Waals surface area contributed by atoms with Crippen molar-refractivity contribution in [1.29, 1.82) is 0 Å². The first-order valence-corrected chi connectivity index (χ1v) is 2.67. The van der Waals surface area contributed by atoms with Gasteiger partial charge >= 0.3 is 5.97 Å². The van der Waals surface area contributed by atoms with Crippen LogP contribution in [0, 0.1) is 0 Å². The molecular formula is C4H10ClNO4. The topological polar surface area (TPSA) is 92.8 Å². The number of esters is 1. The van der Waals surface area contributed by atoms with Crippen LogP contribution in [0.3, 0.4) is 0 Å². The molecule has 4 N–H and O–H groups in total. The lowest BCUT2D eigenvalue weighted by Crippen LogP contribution is -2.34. The van der Waals surface area contributed by atoms with E-state index in [9.17, 15) is 4.79 Å². The summed E-state index contributed by atoms with van der Waals surface area (Å²) in [6, 6.07) is -0.889. The van der Waals surface area contributed by atoms with Gasteiger partial charge in [-0.3, -0.25) is 9.45 Å². The van der Waals surface area contributed by atoms with Crippen molar-refractivity contribution >= 4 is 17.8 Å². The van der Waals surface area contributed by atoms with Crippen molar-refractivity contribution < 1.29 is 19.3 Å². The van der Waals surface area contributed by atoms with Gasteiger partial charge in [0.15, 0.2) is 0 Å². The highest BCUT2D eigenvalue weighted by molar-refractivity contribution is 6.04. The minimum Gasteiger partial charge on any atom is -0.468 e. The van der Waals surface area contributed by atoms with Crippen LogP contribution in [-0.4, -0.2) is 35.5 Å². The Morgan fingerprint density at radius 3 is 2.30 bits per heavy atom. The average Bonchev–Trinajstić information content (AvgIpc) is 2.05. The van der Waals surface area contributed by atoms with Gasteiger partial charge in [-0.1, -0.05) is 0 Å². The predicted molar refractivity (Wildman–Crippen MR) is 35.1 cm³/mol. The fraction of sp³-hybridized carbons (Fsp3) is 0.750. The quantitative estimate of drug-likeness (QED) is 0.445. The van der Waals surface area contributed by atoms with Gasteiger partial charge in [0.25, 0.3) is 0 Å². The third kappa shape index (κ3) is 5.77. The smallest absolute Gasteiger partial charge is 0.325 e. The third-order valence-corrected chi connectivity index (χ3v) is 0.701. The Balaban J connectivity index is 0. The molecule has 0 fully saturated rings. The van der Waals surface area contributed by atoms with Crippen LogP contribution in [0.2, 0.25) is 0 Å². The zero-order valence-electron chi connectivity index (χ0n) is 5.45. The zero-order valence-corrected chi connectivity index (χ0v) is 6.21. The SMILES string of the molecule is COC(=O)C(N)CO.OCl. The van der Waals surface area contributed by atoms with Crippen molar-refractivity contribution in [2.45, 2.75) is 6.04 Å². The molecule has 0 amide bonds. The first-order valence-electron chi connectivity index (χ1n) is 2.33. The van der Waals surface area contributed by atoms with E-state index in [-0.39, 0.29) is 6.61 Å². The summed E-state index contributed by atoms with van der Waals surface area (Å²) in [6.45, 7) is -0.368. The maximum Gasteiger partial charge on any atom is 0.325 e. The fourth-order valence-corrected chi connectivity index (χ4v) is 0.226. The molecule has 0 aliphatic heterocycles. The number of aliphatic hydroxyl groups is 1. The van der Waals surface area contributed by atoms with Crippen LogP contribution < -0.4 is 5.73 Å². The largest absolute Gasteiger partial charge is 0.468 e. The standard InChI is InChI=1S/C4H9NO3.ClHO/c1-8-4(7)3(5)2-6;1-2/h3,6H,2,5H2,1H3;2H. The zero-order chi connectivity index (χ0) is 8.57. The Bertz CT molecular complexity index is 89.3. The molecule has 0 aliphatic rings. The summed E-state index contributed by atoms with van der Waals surface area (Å²) in [4.78, 5) is 10.2. The summed E-state index contributed by atoms with van der Waals surface area (Å²) in [5.41, 5.74) is 5.00. The first-order chi connectivity index (χ1) is 4.72. The van der Waals surface area contributed by atoms with Gasteiger partial charge in [-0.2, -0.15) is 0 Å². The molecule has 62 valence electrons. The van der Waals surface area contributed by atoms with Gasteiger partial charge in [0, 0.05) is 0 Å². The second-order valence-electron chi connectivity index (χ2n) is 1.31. The highest BCUT2D eigenvalue weighted by Gasteiger charge is 2.10. The molecule has 0 aromatic carbocycles. The van der Waals surface area contributed by atoms with Gasteiger partial charge in [0.2, 0.25) is 0 Å². The van der Waals surface area contributed by atoms with Gasteiger partial charge in [-0.25, -0.2) is 0 Å². The summed E-state index contributed by atoms with van der Waals surface area (Å²) in [5.74, 6) is -0.590. The minimum absolute atomic E-state index is 0.368. The number of carbonyl (C=O) groups is 1. The monoisotopic (exact) mass is 171 g/mol. The Morgan fingerprint density at radius 1 is 1.80 bits per heavy atom. The molecule has 10 heavy (non-hydrogen) atoms. The van der Waals surface area contributed by atoms with Crippen LogP contribution in [0.15, 0.2) is 0 Å². The van der Waals surface area contributed by atoms with Crippen molar-refractivity contribution in [2.75, 3.05) is 13.7 Å². The number of hydrogen-bond donors (Lipinski definition) is 3. The molecule has 0 saturated heterocycles. The Labute approximate surface area is 63.5 Å². The maximum atomic E-state index is 10.2. The molecule has 1 unspecified atom stereocenters. The second kappa shape index (κ2) is 8.64. The molecule has 0 aromatic rings. The molecule has 6 heteroatoms.